The summed E-state index contributed by atoms with van der Waals surface area (Å²) in [6.07, 6.45) is -0.0356. The third kappa shape index (κ3) is 6.05. The van der Waals surface area contributed by atoms with Crippen molar-refractivity contribution in [1.82, 2.24) is 5.32 Å². The second kappa shape index (κ2) is 6.94. The van der Waals surface area contributed by atoms with Crippen LogP contribution in [0.5, 0.6) is 0 Å². The molecule has 0 saturated heterocycles. The molecule has 0 spiro atoms. The summed E-state index contributed by atoms with van der Waals surface area (Å²) in [5.74, 6) is -1.67. The molecule has 7 heteroatoms. The van der Waals surface area contributed by atoms with E-state index in [0.29, 0.717) is 0 Å². The van der Waals surface area contributed by atoms with Gasteiger partial charge in [0.15, 0.2) is 0 Å². The third-order valence-electron chi connectivity index (χ3n) is 2.25. The number of urea groups is 1. The van der Waals surface area contributed by atoms with Crippen LogP contribution >= 0.6 is 11.6 Å². The van der Waals surface area contributed by atoms with Crippen LogP contribution in [0.3, 0.4) is 0 Å². The Morgan fingerprint density at radius 1 is 1.42 bits per heavy atom. The van der Waals surface area contributed by atoms with E-state index in [0.717, 1.165) is 12.1 Å². The lowest BCUT2D eigenvalue weighted by molar-refractivity contribution is -0.137. The minimum absolute atomic E-state index is 0.0356. The number of carbonyl (C=O) groups excluding carboxylic acids is 1. The summed E-state index contributed by atoms with van der Waals surface area (Å²) in [6, 6.07) is 3.12. The first-order valence-corrected chi connectivity index (χ1v) is 5.97. The van der Waals surface area contributed by atoms with E-state index in [1.165, 1.54) is 6.07 Å². The van der Waals surface area contributed by atoms with E-state index >= 15 is 0 Å². The largest absolute Gasteiger partial charge is 0.481 e. The molecule has 3 N–H and O–H groups in total. The smallest absolute Gasteiger partial charge is 0.319 e. The molecule has 1 aromatic rings. The minimum Gasteiger partial charge on any atom is -0.481 e. The van der Waals surface area contributed by atoms with Gasteiger partial charge < -0.3 is 15.7 Å². The molecular formula is C12H14ClFN2O3. The minimum atomic E-state index is -0.924. The Balaban J connectivity index is 2.45. The fraction of sp³-hybridized carbons (Fsp3) is 0.333. The normalized spacial score (nSPS) is 11.7. The van der Waals surface area contributed by atoms with E-state index in [1.807, 2.05) is 0 Å². The molecule has 1 aromatic carbocycles. The molecule has 0 aliphatic heterocycles. The van der Waals surface area contributed by atoms with Crippen molar-refractivity contribution in [2.45, 2.75) is 13.3 Å². The van der Waals surface area contributed by atoms with E-state index in [2.05, 4.69) is 10.6 Å². The number of rotatable bonds is 5. The SMILES string of the molecule is CC(CNC(=O)Nc1cc(F)cc(Cl)c1)CC(=O)O. The van der Waals surface area contributed by atoms with Crippen molar-refractivity contribution in [1.29, 1.82) is 0 Å². The number of benzene rings is 1. The van der Waals surface area contributed by atoms with Gasteiger partial charge in [-0.15, -0.1) is 0 Å². The third-order valence-corrected chi connectivity index (χ3v) is 2.47. The fourth-order valence-electron chi connectivity index (χ4n) is 1.44. The number of carboxylic acids is 1. The highest BCUT2D eigenvalue weighted by atomic mass is 35.5. The van der Waals surface area contributed by atoms with Gasteiger partial charge in [0.1, 0.15) is 5.82 Å². The molecule has 0 fully saturated rings. The molecule has 1 unspecified atom stereocenters. The zero-order valence-electron chi connectivity index (χ0n) is 10.2. The zero-order valence-corrected chi connectivity index (χ0v) is 11.0. The van der Waals surface area contributed by atoms with Crippen LogP contribution in [0.15, 0.2) is 18.2 Å². The lowest BCUT2D eigenvalue weighted by Crippen LogP contribution is -2.33. The number of amides is 2. The van der Waals surface area contributed by atoms with Crippen LogP contribution in [0.4, 0.5) is 14.9 Å². The van der Waals surface area contributed by atoms with Crippen LogP contribution in [-0.4, -0.2) is 23.7 Å². The summed E-state index contributed by atoms with van der Waals surface area (Å²) in [6.45, 7) is 1.91. The Hall–Kier alpha value is -1.82. The van der Waals surface area contributed by atoms with Crippen molar-refractivity contribution in [2.75, 3.05) is 11.9 Å². The molecule has 0 radical (unpaired) electrons. The predicted octanol–water partition coefficient (Wildman–Crippen LogP) is 2.71. The Kier molecular flexibility index (Phi) is 5.57. The van der Waals surface area contributed by atoms with Gasteiger partial charge in [-0.3, -0.25) is 4.79 Å². The molecule has 0 aliphatic carbocycles. The van der Waals surface area contributed by atoms with Gasteiger partial charge in [0.2, 0.25) is 0 Å². The quantitative estimate of drug-likeness (QED) is 0.779. The Labute approximate surface area is 114 Å². The average molecular weight is 289 g/mol. The molecule has 0 heterocycles. The van der Waals surface area contributed by atoms with Crippen LogP contribution in [0.25, 0.3) is 0 Å². The Morgan fingerprint density at radius 3 is 2.68 bits per heavy atom. The number of halogens is 2. The maximum absolute atomic E-state index is 13.0. The topological polar surface area (TPSA) is 78.4 Å². The molecule has 1 atom stereocenters. The number of hydrogen-bond acceptors (Lipinski definition) is 2. The molecule has 104 valence electrons. The molecule has 0 saturated carbocycles. The number of anilines is 1. The molecule has 19 heavy (non-hydrogen) atoms. The van der Waals surface area contributed by atoms with E-state index in [1.54, 1.807) is 6.92 Å². The molecule has 2 amide bonds. The molecule has 0 aromatic heterocycles. The first-order chi connectivity index (χ1) is 8.86. The maximum atomic E-state index is 13.0. The Bertz CT molecular complexity index is 462. The van der Waals surface area contributed by atoms with E-state index < -0.39 is 17.8 Å². The monoisotopic (exact) mass is 288 g/mol. The van der Waals surface area contributed by atoms with Crippen LogP contribution in [0.1, 0.15) is 13.3 Å². The van der Waals surface area contributed by atoms with Gasteiger partial charge in [-0.25, -0.2) is 9.18 Å². The van der Waals surface area contributed by atoms with Gasteiger partial charge in [-0.2, -0.15) is 0 Å². The van der Waals surface area contributed by atoms with Crippen LogP contribution < -0.4 is 10.6 Å². The molecule has 5 nitrogen and oxygen atoms in total. The van der Waals surface area contributed by atoms with Crippen molar-refractivity contribution in [3.05, 3.63) is 29.0 Å². The van der Waals surface area contributed by atoms with Crippen LogP contribution in [0.2, 0.25) is 5.02 Å². The lowest BCUT2D eigenvalue weighted by Gasteiger charge is -2.11. The van der Waals surface area contributed by atoms with Crippen molar-refractivity contribution < 1.29 is 19.1 Å². The number of hydrogen-bond donors (Lipinski definition) is 3. The summed E-state index contributed by atoms with van der Waals surface area (Å²) in [5, 5.41) is 13.6. The highest BCUT2D eigenvalue weighted by molar-refractivity contribution is 6.30. The highest BCUT2D eigenvalue weighted by Crippen LogP contribution is 2.17. The number of carboxylic acid groups (broad SMARTS) is 1. The van der Waals surface area contributed by atoms with E-state index in [4.69, 9.17) is 16.7 Å². The number of carbonyl (C=O) groups is 2. The molecular weight excluding hydrogens is 275 g/mol. The van der Waals surface area contributed by atoms with Crippen LogP contribution in [-0.2, 0) is 4.79 Å². The van der Waals surface area contributed by atoms with E-state index in [-0.39, 0.29) is 29.6 Å². The number of aliphatic carboxylic acids is 1. The predicted molar refractivity (Wildman–Crippen MR) is 69.8 cm³/mol. The lowest BCUT2D eigenvalue weighted by atomic mass is 10.1. The standard InChI is InChI=1S/C12H14ClFN2O3/c1-7(2-11(17)18)6-15-12(19)16-10-4-8(13)3-9(14)5-10/h3-5,7H,2,6H2,1H3,(H,17,18)(H2,15,16,19). The fourth-order valence-corrected chi connectivity index (χ4v) is 1.66. The second-order valence-electron chi connectivity index (χ2n) is 4.20. The summed E-state index contributed by atoms with van der Waals surface area (Å²) in [7, 11) is 0. The zero-order chi connectivity index (χ0) is 14.4. The first-order valence-electron chi connectivity index (χ1n) is 5.59. The Morgan fingerprint density at radius 2 is 2.11 bits per heavy atom. The number of nitrogens with one attached hydrogen (secondary N) is 2. The summed E-state index contributed by atoms with van der Waals surface area (Å²) >= 11 is 5.64. The van der Waals surface area contributed by atoms with Crippen LogP contribution in [0, 0.1) is 11.7 Å². The average Bonchev–Trinajstić information content (AvgIpc) is 2.23. The molecule has 1 rings (SSSR count). The van der Waals surface area contributed by atoms with Gasteiger partial charge in [-0.05, 0) is 24.1 Å². The summed E-state index contributed by atoms with van der Waals surface area (Å²) in [4.78, 5) is 21.9. The van der Waals surface area contributed by atoms with Crippen molar-refractivity contribution in [3.8, 4) is 0 Å². The maximum Gasteiger partial charge on any atom is 0.319 e. The summed E-state index contributed by atoms with van der Waals surface area (Å²) < 4.78 is 13.0. The van der Waals surface area contributed by atoms with Gasteiger partial charge in [0, 0.05) is 23.7 Å². The van der Waals surface area contributed by atoms with Gasteiger partial charge >= 0.3 is 12.0 Å². The van der Waals surface area contributed by atoms with Gasteiger partial charge in [-0.1, -0.05) is 18.5 Å². The summed E-state index contributed by atoms with van der Waals surface area (Å²) in [5.41, 5.74) is 0.230. The van der Waals surface area contributed by atoms with E-state index in [9.17, 15) is 14.0 Å². The van der Waals surface area contributed by atoms with Gasteiger partial charge in [0.25, 0.3) is 0 Å². The second-order valence-corrected chi connectivity index (χ2v) is 4.63. The first kappa shape index (κ1) is 15.2. The molecule has 0 bridgehead atoms. The highest BCUT2D eigenvalue weighted by Gasteiger charge is 2.09. The van der Waals surface area contributed by atoms with Crippen molar-refractivity contribution in [2.24, 2.45) is 5.92 Å². The van der Waals surface area contributed by atoms with Crippen molar-refractivity contribution >= 4 is 29.3 Å². The van der Waals surface area contributed by atoms with Crippen molar-refractivity contribution in [3.63, 3.8) is 0 Å². The molecule has 0 aliphatic rings. The van der Waals surface area contributed by atoms with Gasteiger partial charge in [0.05, 0.1) is 0 Å².